The number of rotatable bonds is 8. The molecule has 110 valence electrons. The second-order valence-electron chi connectivity index (χ2n) is 4.26. The predicted octanol–water partition coefficient (Wildman–Crippen LogP) is -1.16. The quantitative estimate of drug-likeness (QED) is 0.517. The van der Waals surface area contributed by atoms with Gasteiger partial charge in [0.15, 0.2) is 0 Å². The molecule has 0 aliphatic heterocycles. The number of amides is 1. The van der Waals surface area contributed by atoms with E-state index in [0.29, 0.717) is 18.7 Å². The molecular weight excluding hydrogens is 328 g/mol. The van der Waals surface area contributed by atoms with Crippen LogP contribution in [0.2, 0.25) is 0 Å². The van der Waals surface area contributed by atoms with Gasteiger partial charge in [0.25, 0.3) is 0 Å². The van der Waals surface area contributed by atoms with Gasteiger partial charge in [-0.15, -0.1) is 0 Å². The molecule has 1 rings (SSSR count). The Kier molecular flexibility index (Phi) is 7.21. The van der Waals surface area contributed by atoms with Crippen LogP contribution in [0.25, 0.3) is 0 Å². The molecule has 0 heterocycles. The highest BCUT2D eigenvalue weighted by molar-refractivity contribution is 9.10. The van der Waals surface area contributed by atoms with Gasteiger partial charge in [-0.1, -0.05) is 12.1 Å². The number of nitrogens with two attached hydrogens (primary N) is 1. The number of carbonyl (C=O) groups excluding carboxylic acids is 2. The van der Waals surface area contributed by atoms with E-state index in [-0.39, 0.29) is 13.0 Å². The molecule has 7 heteroatoms. The van der Waals surface area contributed by atoms with E-state index in [9.17, 15) is 14.7 Å². The first-order valence-electron chi connectivity index (χ1n) is 6.24. The van der Waals surface area contributed by atoms with Crippen LogP contribution in [-0.2, 0) is 9.59 Å². The first-order valence-corrected chi connectivity index (χ1v) is 7.03. The molecule has 6 nitrogen and oxygen atoms in total. The largest absolute Gasteiger partial charge is 0.544 e. The highest BCUT2D eigenvalue weighted by Crippen LogP contribution is 2.21. The molecule has 0 saturated heterocycles. The number of benzene rings is 1. The molecule has 1 atom stereocenters. The molecule has 1 aromatic carbocycles. The monoisotopic (exact) mass is 344 g/mol. The van der Waals surface area contributed by atoms with Gasteiger partial charge in [0.1, 0.15) is 6.04 Å². The maximum absolute atomic E-state index is 11.8. The zero-order chi connectivity index (χ0) is 15.0. The van der Waals surface area contributed by atoms with E-state index in [1.807, 2.05) is 6.07 Å². The van der Waals surface area contributed by atoms with Crippen LogP contribution in [0.4, 0.5) is 5.69 Å². The van der Waals surface area contributed by atoms with E-state index in [4.69, 9.17) is 5.11 Å². The lowest BCUT2D eigenvalue weighted by atomic mass is 10.2. The Morgan fingerprint density at radius 3 is 2.70 bits per heavy atom. The lowest BCUT2D eigenvalue weighted by Gasteiger charge is -2.16. The van der Waals surface area contributed by atoms with Crippen LogP contribution in [0.3, 0.4) is 0 Å². The van der Waals surface area contributed by atoms with Crippen LogP contribution >= 0.6 is 15.9 Å². The van der Waals surface area contributed by atoms with Crippen molar-refractivity contribution in [2.75, 3.05) is 18.5 Å². The van der Waals surface area contributed by atoms with Crippen LogP contribution in [0.15, 0.2) is 28.7 Å². The van der Waals surface area contributed by atoms with Crippen LogP contribution in [0.5, 0.6) is 0 Å². The Balaban J connectivity index is 2.54. The topological polar surface area (TPSA) is 106 Å². The van der Waals surface area contributed by atoms with Crippen molar-refractivity contribution in [2.24, 2.45) is 0 Å². The zero-order valence-corrected chi connectivity index (χ0v) is 12.4. The molecule has 0 unspecified atom stereocenters. The van der Waals surface area contributed by atoms with Gasteiger partial charge in [0, 0.05) is 17.5 Å². The number of para-hydroxylation sites is 1. The van der Waals surface area contributed by atoms with Crippen LogP contribution in [0, 0.1) is 0 Å². The predicted molar refractivity (Wildman–Crippen MR) is 74.7 cm³/mol. The van der Waals surface area contributed by atoms with Gasteiger partial charge in [-0.2, -0.15) is 0 Å². The summed E-state index contributed by atoms with van der Waals surface area (Å²) in [5, 5.41) is 23.7. The molecule has 0 saturated carbocycles. The van der Waals surface area contributed by atoms with Gasteiger partial charge in [-0.25, -0.2) is 0 Å². The minimum atomic E-state index is -1.29. The second-order valence-corrected chi connectivity index (χ2v) is 5.11. The van der Waals surface area contributed by atoms with E-state index < -0.39 is 17.9 Å². The van der Waals surface area contributed by atoms with Gasteiger partial charge < -0.3 is 25.6 Å². The average molecular weight is 345 g/mol. The summed E-state index contributed by atoms with van der Waals surface area (Å²) in [4.78, 5) is 22.8. The number of quaternary nitrogens is 1. The van der Waals surface area contributed by atoms with Crippen LogP contribution in [-0.4, -0.2) is 36.2 Å². The molecule has 0 aliphatic rings. The number of hydrogen-bond donors (Lipinski definition) is 3. The molecule has 0 fully saturated rings. The zero-order valence-electron chi connectivity index (χ0n) is 10.8. The summed E-state index contributed by atoms with van der Waals surface area (Å²) in [5.74, 6) is -1.68. The molecule has 0 spiro atoms. The summed E-state index contributed by atoms with van der Waals surface area (Å²) >= 11 is 3.29. The molecule has 4 N–H and O–H groups in total. The van der Waals surface area contributed by atoms with E-state index in [0.717, 1.165) is 4.47 Å². The van der Waals surface area contributed by atoms with Crippen molar-refractivity contribution in [3.05, 3.63) is 28.7 Å². The summed E-state index contributed by atoms with van der Waals surface area (Å²) in [7, 11) is 0. The van der Waals surface area contributed by atoms with Crippen LogP contribution < -0.4 is 15.7 Å². The Morgan fingerprint density at radius 2 is 2.10 bits per heavy atom. The van der Waals surface area contributed by atoms with E-state index in [2.05, 4.69) is 21.2 Å². The number of halogens is 1. The second kappa shape index (κ2) is 8.68. The van der Waals surface area contributed by atoms with Gasteiger partial charge >= 0.3 is 0 Å². The normalized spacial score (nSPS) is 11.9. The molecule has 1 aromatic rings. The van der Waals surface area contributed by atoms with Gasteiger partial charge in [-0.3, -0.25) is 4.79 Å². The fourth-order valence-electron chi connectivity index (χ4n) is 1.64. The number of carbonyl (C=O) groups is 2. The average Bonchev–Trinajstić information content (AvgIpc) is 2.40. The first-order chi connectivity index (χ1) is 9.54. The van der Waals surface area contributed by atoms with Crippen molar-refractivity contribution in [3.8, 4) is 0 Å². The summed E-state index contributed by atoms with van der Waals surface area (Å²) in [5.41, 5.74) is 0.588. The Morgan fingerprint density at radius 1 is 1.40 bits per heavy atom. The molecule has 0 aromatic heterocycles. The molecule has 1 amide bonds. The number of nitrogens with one attached hydrogen (secondary N) is 1. The molecule has 0 radical (unpaired) electrons. The summed E-state index contributed by atoms with van der Waals surface area (Å²) in [6, 6.07) is 6.12. The van der Waals surface area contributed by atoms with Crippen molar-refractivity contribution in [1.82, 2.24) is 0 Å². The standard InChI is InChI=1S/C13H17BrN2O4/c14-9-4-1-2-5-10(9)16-12(18)8-11(13(19)20)15-6-3-7-17/h1-2,4-5,11,15,17H,3,6-8H2,(H,16,18)(H,19,20)/t11-/m1/s1. The highest BCUT2D eigenvalue weighted by atomic mass is 79.9. The lowest BCUT2D eigenvalue weighted by Crippen LogP contribution is -2.93. The van der Waals surface area contributed by atoms with E-state index >= 15 is 0 Å². The Bertz CT molecular complexity index is 467. The fourth-order valence-corrected chi connectivity index (χ4v) is 2.02. The maximum atomic E-state index is 11.8. The number of anilines is 1. The number of aliphatic carboxylic acids is 1. The van der Waals surface area contributed by atoms with E-state index in [1.54, 1.807) is 18.2 Å². The van der Waals surface area contributed by atoms with Crippen LogP contribution in [0.1, 0.15) is 12.8 Å². The van der Waals surface area contributed by atoms with Crippen molar-refractivity contribution < 1.29 is 25.1 Å². The number of hydrogen-bond acceptors (Lipinski definition) is 4. The summed E-state index contributed by atoms with van der Waals surface area (Å²) in [6.45, 7) is 0.414. The van der Waals surface area contributed by atoms with Crippen molar-refractivity contribution in [1.29, 1.82) is 0 Å². The van der Waals surface area contributed by atoms with Gasteiger partial charge in [-0.05, 0) is 28.1 Å². The third-order valence-corrected chi connectivity index (χ3v) is 3.36. The minimum Gasteiger partial charge on any atom is -0.544 e. The SMILES string of the molecule is O=C(C[C@@H]([NH2+]CCCO)C(=O)[O-])Nc1ccccc1Br. The third-order valence-electron chi connectivity index (χ3n) is 2.67. The number of carboxylic acids is 1. The van der Waals surface area contributed by atoms with E-state index in [1.165, 1.54) is 5.32 Å². The number of carboxylic acid groups (broad SMARTS) is 1. The Labute approximate surface area is 125 Å². The molecule has 20 heavy (non-hydrogen) atoms. The third kappa shape index (κ3) is 5.68. The van der Waals surface area contributed by atoms with Gasteiger partial charge in [0.05, 0.1) is 24.6 Å². The fraction of sp³-hybridized carbons (Fsp3) is 0.385. The highest BCUT2D eigenvalue weighted by Gasteiger charge is 2.18. The van der Waals surface area contributed by atoms with Gasteiger partial charge in [0.2, 0.25) is 5.91 Å². The van der Waals surface area contributed by atoms with Crippen molar-refractivity contribution >= 4 is 33.5 Å². The van der Waals surface area contributed by atoms with Crippen molar-refractivity contribution in [3.63, 3.8) is 0 Å². The first kappa shape index (κ1) is 16.6. The summed E-state index contributed by atoms with van der Waals surface area (Å²) in [6.07, 6.45) is 0.282. The minimum absolute atomic E-state index is 0.0145. The number of aliphatic hydroxyl groups is 1. The maximum Gasteiger partial charge on any atom is 0.230 e. The molecule has 0 bridgehead atoms. The number of aliphatic hydroxyl groups excluding tert-OH is 1. The smallest absolute Gasteiger partial charge is 0.230 e. The van der Waals surface area contributed by atoms with Crippen molar-refractivity contribution in [2.45, 2.75) is 18.9 Å². The Hall–Kier alpha value is -1.44. The summed E-state index contributed by atoms with van der Waals surface area (Å²) < 4.78 is 0.725. The lowest BCUT2D eigenvalue weighted by molar-refractivity contribution is -0.682. The molecule has 0 aliphatic carbocycles. The molecular formula is C13H17BrN2O4.